The van der Waals surface area contributed by atoms with Crippen LogP contribution in [-0.4, -0.2) is 15.0 Å². The van der Waals surface area contributed by atoms with Gasteiger partial charge in [-0.05, 0) is 25.1 Å². The van der Waals surface area contributed by atoms with Crippen molar-refractivity contribution in [2.24, 2.45) is 0 Å². The zero-order valence-corrected chi connectivity index (χ0v) is 10.8. The standard InChI is InChI=1S/C11H11ClN2O2S/c1-8(2)7-14-17(15,16)10-4-3-9(6-13)11(12)5-10/h3-5,14H,1,7H2,2H3. The van der Waals surface area contributed by atoms with Gasteiger partial charge in [0.05, 0.1) is 15.5 Å². The maximum absolute atomic E-state index is 11.8. The number of hydrogen-bond donors (Lipinski definition) is 1. The van der Waals surface area contributed by atoms with Crippen molar-refractivity contribution in [3.63, 3.8) is 0 Å². The van der Waals surface area contributed by atoms with E-state index in [4.69, 9.17) is 16.9 Å². The molecular formula is C11H11ClN2O2S. The first kappa shape index (κ1) is 13.7. The molecule has 0 aromatic heterocycles. The molecule has 0 unspecified atom stereocenters. The first-order valence-electron chi connectivity index (χ1n) is 4.70. The number of halogens is 1. The molecule has 4 nitrogen and oxygen atoms in total. The van der Waals surface area contributed by atoms with Crippen LogP contribution in [0.25, 0.3) is 0 Å². The van der Waals surface area contributed by atoms with Crippen LogP contribution in [0.1, 0.15) is 12.5 Å². The summed E-state index contributed by atoms with van der Waals surface area (Å²) in [5.74, 6) is 0. The monoisotopic (exact) mass is 270 g/mol. The fourth-order valence-electron chi connectivity index (χ4n) is 1.06. The van der Waals surface area contributed by atoms with Crippen molar-refractivity contribution in [3.8, 4) is 6.07 Å². The third-order valence-electron chi connectivity index (χ3n) is 1.94. The van der Waals surface area contributed by atoms with Gasteiger partial charge in [0.2, 0.25) is 10.0 Å². The Kier molecular flexibility index (Phi) is 4.29. The lowest BCUT2D eigenvalue weighted by Crippen LogP contribution is -2.25. The summed E-state index contributed by atoms with van der Waals surface area (Å²) in [4.78, 5) is 0.0303. The van der Waals surface area contributed by atoms with Crippen molar-refractivity contribution in [1.82, 2.24) is 4.72 Å². The molecule has 0 aliphatic carbocycles. The van der Waals surface area contributed by atoms with Gasteiger partial charge in [0.25, 0.3) is 0 Å². The van der Waals surface area contributed by atoms with E-state index in [1.807, 2.05) is 6.07 Å². The van der Waals surface area contributed by atoms with Gasteiger partial charge < -0.3 is 0 Å². The Morgan fingerprint density at radius 2 is 2.24 bits per heavy atom. The van der Waals surface area contributed by atoms with Gasteiger partial charge in [0, 0.05) is 6.54 Å². The number of nitrogens with zero attached hydrogens (tertiary/aromatic N) is 1. The average molecular weight is 271 g/mol. The second-order valence-corrected chi connectivity index (χ2v) is 5.71. The highest BCUT2D eigenvalue weighted by molar-refractivity contribution is 7.89. The highest BCUT2D eigenvalue weighted by Crippen LogP contribution is 2.19. The molecule has 1 aromatic carbocycles. The van der Waals surface area contributed by atoms with Crippen LogP contribution in [0, 0.1) is 11.3 Å². The molecule has 0 amide bonds. The Bertz CT molecular complexity index is 588. The zero-order chi connectivity index (χ0) is 13.1. The molecule has 6 heteroatoms. The van der Waals surface area contributed by atoms with Gasteiger partial charge in [-0.1, -0.05) is 23.8 Å². The number of rotatable bonds is 4. The molecule has 0 atom stereocenters. The fourth-order valence-corrected chi connectivity index (χ4v) is 2.47. The SMILES string of the molecule is C=C(C)CNS(=O)(=O)c1ccc(C#N)c(Cl)c1. The molecular weight excluding hydrogens is 260 g/mol. The van der Waals surface area contributed by atoms with E-state index < -0.39 is 10.0 Å². The first-order chi connectivity index (χ1) is 7.86. The predicted molar refractivity (Wildman–Crippen MR) is 66.2 cm³/mol. The molecule has 1 aromatic rings. The Morgan fingerprint density at radius 3 is 2.71 bits per heavy atom. The van der Waals surface area contributed by atoms with Crippen LogP contribution in [0.15, 0.2) is 35.2 Å². The predicted octanol–water partition coefficient (Wildman–Crippen LogP) is 2.07. The lowest BCUT2D eigenvalue weighted by atomic mass is 10.2. The van der Waals surface area contributed by atoms with E-state index in [1.54, 1.807) is 6.92 Å². The van der Waals surface area contributed by atoms with Crippen LogP contribution >= 0.6 is 11.6 Å². The molecule has 17 heavy (non-hydrogen) atoms. The van der Waals surface area contributed by atoms with E-state index in [1.165, 1.54) is 18.2 Å². The Hall–Kier alpha value is -1.35. The average Bonchev–Trinajstić information content (AvgIpc) is 2.26. The molecule has 0 bridgehead atoms. The lowest BCUT2D eigenvalue weighted by molar-refractivity contribution is 0.584. The molecule has 1 N–H and O–H groups in total. The Labute approximate surface area is 106 Å². The van der Waals surface area contributed by atoms with Gasteiger partial charge in [-0.3, -0.25) is 0 Å². The van der Waals surface area contributed by atoms with Crippen LogP contribution in [0.3, 0.4) is 0 Å². The second-order valence-electron chi connectivity index (χ2n) is 3.54. The minimum atomic E-state index is -3.61. The Balaban J connectivity index is 3.05. The van der Waals surface area contributed by atoms with Crippen LogP contribution in [-0.2, 0) is 10.0 Å². The van der Waals surface area contributed by atoms with E-state index in [0.29, 0.717) is 5.57 Å². The van der Waals surface area contributed by atoms with Gasteiger partial charge in [-0.15, -0.1) is 0 Å². The van der Waals surface area contributed by atoms with Crippen molar-refractivity contribution in [3.05, 3.63) is 40.9 Å². The van der Waals surface area contributed by atoms with Crippen molar-refractivity contribution >= 4 is 21.6 Å². The molecule has 0 saturated carbocycles. The fraction of sp³-hybridized carbons (Fsp3) is 0.182. The molecule has 0 fully saturated rings. The number of hydrogen-bond acceptors (Lipinski definition) is 3. The van der Waals surface area contributed by atoms with Crippen LogP contribution in [0.2, 0.25) is 5.02 Å². The van der Waals surface area contributed by atoms with Crippen molar-refractivity contribution in [1.29, 1.82) is 5.26 Å². The van der Waals surface area contributed by atoms with Crippen molar-refractivity contribution in [2.45, 2.75) is 11.8 Å². The molecule has 0 saturated heterocycles. The summed E-state index contributed by atoms with van der Waals surface area (Å²) < 4.78 is 26.0. The first-order valence-corrected chi connectivity index (χ1v) is 6.56. The lowest BCUT2D eigenvalue weighted by Gasteiger charge is -2.07. The van der Waals surface area contributed by atoms with Gasteiger partial charge in [-0.2, -0.15) is 5.26 Å². The minimum absolute atomic E-state index is 0.0303. The number of nitriles is 1. The van der Waals surface area contributed by atoms with E-state index in [0.717, 1.165) is 0 Å². The summed E-state index contributed by atoms with van der Waals surface area (Å²) in [6.07, 6.45) is 0. The molecule has 0 aliphatic rings. The summed E-state index contributed by atoms with van der Waals surface area (Å²) in [6.45, 7) is 5.48. The Morgan fingerprint density at radius 1 is 1.59 bits per heavy atom. The maximum atomic E-state index is 11.8. The van der Waals surface area contributed by atoms with E-state index in [9.17, 15) is 8.42 Å². The van der Waals surface area contributed by atoms with Gasteiger partial charge in [0.1, 0.15) is 6.07 Å². The zero-order valence-electron chi connectivity index (χ0n) is 9.20. The van der Waals surface area contributed by atoms with Crippen LogP contribution in [0.4, 0.5) is 0 Å². The number of nitrogens with one attached hydrogen (secondary N) is 1. The van der Waals surface area contributed by atoms with Crippen molar-refractivity contribution in [2.75, 3.05) is 6.54 Å². The molecule has 0 heterocycles. The summed E-state index contributed by atoms with van der Waals surface area (Å²) in [7, 11) is -3.61. The highest BCUT2D eigenvalue weighted by Gasteiger charge is 2.14. The molecule has 0 aliphatic heterocycles. The summed E-state index contributed by atoms with van der Waals surface area (Å²) in [5, 5.41) is 8.79. The summed E-state index contributed by atoms with van der Waals surface area (Å²) in [5.41, 5.74) is 0.943. The number of sulfonamides is 1. The normalized spacial score (nSPS) is 10.9. The van der Waals surface area contributed by atoms with Gasteiger partial charge in [-0.25, -0.2) is 13.1 Å². The molecule has 1 rings (SSSR count). The van der Waals surface area contributed by atoms with Gasteiger partial charge >= 0.3 is 0 Å². The highest BCUT2D eigenvalue weighted by atomic mass is 35.5. The molecule has 0 spiro atoms. The summed E-state index contributed by atoms with van der Waals surface area (Å²) in [6, 6.07) is 5.82. The minimum Gasteiger partial charge on any atom is -0.207 e. The maximum Gasteiger partial charge on any atom is 0.240 e. The molecule has 90 valence electrons. The third kappa shape index (κ3) is 3.56. The smallest absolute Gasteiger partial charge is 0.207 e. The van der Waals surface area contributed by atoms with Crippen LogP contribution in [0.5, 0.6) is 0 Å². The third-order valence-corrected chi connectivity index (χ3v) is 3.65. The molecule has 0 radical (unpaired) electrons. The van der Waals surface area contributed by atoms with E-state index in [-0.39, 0.29) is 22.0 Å². The second kappa shape index (κ2) is 5.32. The quantitative estimate of drug-likeness (QED) is 0.852. The van der Waals surface area contributed by atoms with Gasteiger partial charge in [0.15, 0.2) is 0 Å². The van der Waals surface area contributed by atoms with Crippen LogP contribution < -0.4 is 4.72 Å². The number of benzene rings is 1. The van der Waals surface area contributed by atoms with Crippen molar-refractivity contribution < 1.29 is 8.42 Å². The van der Waals surface area contributed by atoms with E-state index >= 15 is 0 Å². The van der Waals surface area contributed by atoms with E-state index in [2.05, 4.69) is 11.3 Å². The topological polar surface area (TPSA) is 70.0 Å². The largest absolute Gasteiger partial charge is 0.240 e. The summed E-state index contributed by atoms with van der Waals surface area (Å²) >= 11 is 5.77.